The lowest BCUT2D eigenvalue weighted by Gasteiger charge is -2.15. The predicted molar refractivity (Wildman–Crippen MR) is 107 cm³/mol. The van der Waals surface area contributed by atoms with E-state index in [2.05, 4.69) is 10.3 Å². The quantitative estimate of drug-likeness (QED) is 0.624. The van der Waals surface area contributed by atoms with E-state index in [1.54, 1.807) is 7.11 Å². The average molecular weight is 383 g/mol. The number of anilines is 1. The Morgan fingerprint density at radius 3 is 2.79 bits per heavy atom. The summed E-state index contributed by atoms with van der Waals surface area (Å²) in [7, 11) is 1.56. The minimum Gasteiger partial charge on any atom is -0.489 e. The van der Waals surface area contributed by atoms with Gasteiger partial charge in [0.05, 0.1) is 18.0 Å². The number of aromatic nitrogens is 2. The molecule has 2 heterocycles. The average Bonchev–Trinajstić information content (AvgIpc) is 2.95. The number of carbonyl (C=O) groups excluding carboxylic acids is 1. The third-order valence-electron chi connectivity index (χ3n) is 4.62. The minimum absolute atomic E-state index is 0.198. The lowest BCUT2D eigenvalue weighted by Crippen LogP contribution is -2.18. The van der Waals surface area contributed by atoms with Gasteiger partial charge in [-0.15, -0.1) is 0 Å². The van der Waals surface area contributed by atoms with E-state index in [0.717, 1.165) is 33.9 Å². The standard InChI is InChI=1S/C21H25N3O4/c1-14-6-5-7-19(23-21(25)27-11-10-26-4)18(14)13-28-17-8-9-24-16(3)15(2)22-20(24)12-17/h5-9,12H,10-11,13H2,1-4H3,(H,23,25). The number of nitrogens with zero attached hydrogens (tertiary/aromatic N) is 2. The Morgan fingerprint density at radius 1 is 1.18 bits per heavy atom. The van der Waals surface area contributed by atoms with Crippen molar-refractivity contribution in [1.29, 1.82) is 0 Å². The lowest BCUT2D eigenvalue weighted by atomic mass is 10.1. The second-order valence-electron chi connectivity index (χ2n) is 6.52. The summed E-state index contributed by atoms with van der Waals surface area (Å²) in [5.41, 5.74) is 5.52. The van der Waals surface area contributed by atoms with Gasteiger partial charge in [0.25, 0.3) is 0 Å². The zero-order chi connectivity index (χ0) is 20.1. The van der Waals surface area contributed by atoms with Crippen LogP contribution in [0.3, 0.4) is 0 Å². The van der Waals surface area contributed by atoms with Crippen LogP contribution in [0.15, 0.2) is 36.5 Å². The number of amides is 1. The van der Waals surface area contributed by atoms with Gasteiger partial charge in [-0.2, -0.15) is 0 Å². The number of nitrogens with one attached hydrogen (secondary N) is 1. The molecular weight excluding hydrogens is 358 g/mol. The fraction of sp³-hybridized carbons (Fsp3) is 0.333. The number of benzene rings is 1. The number of rotatable bonds is 7. The Morgan fingerprint density at radius 2 is 2.00 bits per heavy atom. The molecule has 2 aromatic heterocycles. The second kappa shape index (κ2) is 8.75. The molecule has 28 heavy (non-hydrogen) atoms. The van der Waals surface area contributed by atoms with Crippen molar-refractivity contribution in [3.05, 3.63) is 59.0 Å². The van der Waals surface area contributed by atoms with Gasteiger partial charge in [-0.25, -0.2) is 9.78 Å². The SMILES string of the molecule is COCCOC(=O)Nc1cccc(C)c1COc1ccn2c(C)c(C)nc2c1. The molecular formula is C21H25N3O4. The number of ether oxygens (including phenoxy) is 3. The Kier molecular flexibility index (Phi) is 6.16. The van der Waals surface area contributed by atoms with Gasteiger partial charge >= 0.3 is 6.09 Å². The van der Waals surface area contributed by atoms with Crippen molar-refractivity contribution in [2.75, 3.05) is 25.6 Å². The van der Waals surface area contributed by atoms with Gasteiger partial charge in [0.1, 0.15) is 24.6 Å². The van der Waals surface area contributed by atoms with Crippen molar-refractivity contribution in [3.8, 4) is 5.75 Å². The smallest absolute Gasteiger partial charge is 0.411 e. The highest BCUT2D eigenvalue weighted by Gasteiger charge is 2.12. The van der Waals surface area contributed by atoms with Gasteiger partial charge in [0.15, 0.2) is 0 Å². The number of hydrogen-bond donors (Lipinski definition) is 1. The topological polar surface area (TPSA) is 74.1 Å². The molecule has 0 unspecified atom stereocenters. The summed E-state index contributed by atoms with van der Waals surface area (Å²) >= 11 is 0. The third-order valence-corrected chi connectivity index (χ3v) is 4.62. The molecule has 1 N–H and O–H groups in total. The number of carbonyl (C=O) groups is 1. The molecule has 7 heteroatoms. The summed E-state index contributed by atoms with van der Waals surface area (Å²) in [6.45, 7) is 6.86. The van der Waals surface area contributed by atoms with Crippen molar-refractivity contribution < 1.29 is 19.0 Å². The maximum absolute atomic E-state index is 12.0. The highest BCUT2D eigenvalue weighted by atomic mass is 16.6. The molecule has 0 saturated heterocycles. The van der Waals surface area contributed by atoms with Crippen LogP contribution in [0.1, 0.15) is 22.5 Å². The number of methoxy groups -OCH3 is 1. The molecule has 3 aromatic rings. The molecule has 7 nitrogen and oxygen atoms in total. The number of aryl methyl sites for hydroxylation is 3. The first-order chi connectivity index (χ1) is 13.5. The Hall–Kier alpha value is -3.06. The molecule has 0 spiro atoms. The van der Waals surface area contributed by atoms with Gasteiger partial charge in [-0.3, -0.25) is 5.32 Å². The number of pyridine rings is 1. The number of fused-ring (bicyclic) bond motifs is 1. The van der Waals surface area contributed by atoms with Crippen LogP contribution in [0.4, 0.5) is 10.5 Å². The maximum atomic E-state index is 12.0. The maximum Gasteiger partial charge on any atom is 0.411 e. The zero-order valence-corrected chi connectivity index (χ0v) is 16.6. The van der Waals surface area contributed by atoms with Crippen molar-refractivity contribution >= 4 is 17.4 Å². The van der Waals surface area contributed by atoms with E-state index in [1.165, 1.54) is 0 Å². The van der Waals surface area contributed by atoms with Crippen LogP contribution in [-0.4, -0.2) is 35.8 Å². The zero-order valence-electron chi connectivity index (χ0n) is 16.6. The van der Waals surface area contributed by atoms with E-state index in [1.807, 2.05) is 61.7 Å². The largest absolute Gasteiger partial charge is 0.489 e. The molecule has 0 aliphatic carbocycles. The molecule has 0 aliphatic heterocycles. The third kappa shape index (κ3) is 4.43. The Labute approximate surface area is 164 Å². The fourth-order valence-corrected chi connectivity index (χ4v) is 2.89. The monoisotopic (exact) mass is 383 g/mol. The van der Waals surface area contributed by atoms with E-state index < -0.39 is 6.09 Å². The fourth-order valence-electron chi connectivity index (χ4n) is 2.89. The van der Waals surface area contributed by atoms with Gasteiger partial charge in [0.2, 0.25) is 0 Å². The predicted octanol–water partition coefficient (Wildman–Crippen LogP) is 4.03. The summed E-state index contributed by atoms with van der Waals surface area (Å²) in [6.07, 6.45) is 1.43. The van der Waals surface area contributed by atoms with Crippen LogP contribution in [0.25, 0.3) is 5.65 Å². The van der Waals surface area contributed by atoms with E-state index >= 15 is 0 Å². The van der Waals surface area contributed by atoms with Gasteiger partial charge in [0, 0.05) is 30.6 Å². The Balaban J connectivity index is 1.72. The molecule has 0 fully saturated rings. The normalized spacial score (nSPS) is 10.9. The van der Waals surface area contributed by atoms with E-state index in [9.17, 15) is 4.79 Å². The molecule has 0 aliphatic rings. The molecule has 0 bridgehead atoms. The summed E-state index contributed by atoms with van der Waals surface area (Å²) in [4.78, 5) is 16.5. The highest BCUT2D eigenvalue weighted by molar-refractivity contribution is 5.86. The second-order valence-corrected chi connectivity index (χ2v) is 6.52. The molecule has 148 valence electrons. The number of imidazole rings is 1. The van der Waals surface area contributed by atoms with Gasteiger partial charge < -0.3 is 18.6 Å². The van der Waals surface area contributed by atoms with Crippen LogP contribution >= 0.6 is 0 Å². The molecule has 0 radical (unpaired) electrons. The highest BCUT2D eigenvalue weighted by Crippen LogP contribution is 2.23. The van der Waals surface area contributed by atoms with Crippen molar-refractivity contribution in [2.45, 2.75) is 27.4 Å². The summed E-state index contributed by atoms with van der Waals surface area (Å²) < 4.78 is 18.0. The summed E-state index contributed by atoms with van der Waals surface area (Å²) in [6, 6.07) is 9.50. The molecule has 3 rings (SSSR count). The van der Waals surface area contributed by atoms with Crippen LogP contribution in [0.5, 0.6) is 5.75 Å². The first kappa shape index (κ1) is 19.7. The van der Waals surface area contributed by atoms with Crippen LogP contribution in [0, 0.1) is 20.8 Å². The first-order valence-corrected chi connectivity index (χ1v) is 9.09. The lowest BCUT2D eigenvalue weighted by molar-refractivity contribution is 0.107. The van der Waals surface area contributed by atoms with Crippen molar-refractivity contribution in [2.24, 2.45) is 0 Å². The molecule has 0 saturated carbocycles. The molecule has 1 aromatic carbocycles. The van der Waals surface area contributed by atoms with Gasteiger partial charge in [-0.05, 0) is 38.5 Å². The molecule has 1 amide bonds. The summed E-state index contributed by atoms with van der Waals surface area (Å²) in [5, 5.41) is 2.77. The van der Waals surface area contributed by atoms with E-state index in [0.29, 0.717) is 18.9 Å². The first-order valence-electron chi connectivity index (χ1n) is 9.09. The van der Waals surface area contributed by atoms with Crippen molar-refractivity contribution in [3.63, 3.8) is 0 Å². The van der Waals surface area contributed by atoms with Crippen LogP contribution in [0.2, 0.25) is 0 Å². The van der Waals surface area contributed by atoms with Crippen molar-refractivity contribution in [1.82, 2.24) is 9.38 Å². The Bertz CT molecular complexity index is 981. The molecule has 0 atom stereocenters. The summed E-state index contributed by atoms with van der Waals surface area (Å²) in [5.74, 6) is 0.717. The number of hydrogen-bond acceptors (Lipinski definition) is 5. The van der Waals surface area contributed by atoms with Crippen LogP contribution in [-0.2, 0) is 16.1 Å². The minimum atomic E-state index is -0.520. The van der Waals surface area contributed by atoms with Crippen LogP contribution < -0.4 is 10.1 Å². The van der Waals surface area contributed by atoms with E-state index in [4.69, 9.17) is 14.2 Å². The van der Waals surface area contributed by atoms with Gasteiger partial charge in [-0.1, -0.05) is 12.1 Å². The van der Waals surface area contributed by atoms with E-state index in [-0.39, 0.29) is 6.61 Å².